The number of alkyl halides is 1. The fourth-order valence-corrected chi connectivity index (χ4v) is 0. The molecule has 0 radical (unpaired) electrons. The Kier molecular flexibility index (Phi) is 1.77. The van der Waals surface area contributed by atoms with Gasteiger partial charge in [0.15, 0.2) is 0 Å². The molecular weight excluding hydrogens is 86.0 g/mol. The predicted molar refractivity (Wildman–Crippen MR) is 20.8 cm³/mol. The third-order valence-electron chi connectivity index (χ3n) is 0.432. The number of halogens is 2. The summed E-state index contributed by atoms with van der Waals surface area (Å²) < 4.78 is 22.6. The van der Waals surface area contributed by atoms with E-state index in [2.05, 4.69) is 6.58 Å². The van der Waals surface area contributed by atoms with Crippen LogP contribution in [0, 0.1) is 0 Å². The van der Waals surface area contributed by atoms with Crippen molar-refractivity contribution in [2.45, 2.75) is 13.1 Å². The summed E-state index contributed by atoms with van der Waals surface area (Å²) >= 11 is 0. The molecular formula is C4H6F2. The number of rotatable bonds is 1. The number of allylic oxidation sites excluding steroid dienone is 1. The van der Waals surface area contributed by atoms with E-state index in [9.17, 15) is 8.78 Å². The average molecular weight is 92.1 g/mol. The Balaban J connectivity index is 3.26. The van der Waals surface area contributed by atoms with Crippen molar-refractivity contribution in [3.63, 3.8) is 0 Å². The van der Waals surface area contributed by atoms with Crippen molar-refractivity contribution in [2.75, 3.05) is 0 Å². The first-order valence-corrected chi connectivity index (χ1v) is 1.63. The molecule has 0 spiro atoms. The predicted octanol–water partition coefficient (Wildman–Crippen LogP) is 1.83. The summed E-state index contributed by atoms with van der Waals surface area (Å²) in [4.78, 5) is 0. The number of hydrogen-bond donors (Lipinski definition) is 0. The molecule has 0 aromatic rings. The van der Waals surface area contributed by atoms with Crippen LogP contribution in [0.15, 0.2) is 12.4 Å². The minimum absolute atomic E-state index is 0.907. The van der Waals surface area contributed by atoms with Gasteiger partial charge in [-0.25, -0.2) is 8.78 Å². The molecule has 2 heteroatoms. The lowest BCUT2D eigenvalue weighted by Gasteiger charge is -1.88. The van der Waals surface area contributed by atoms with Crippen molar-refractivity contribution in [3.8, 4) is 0 Å². The minimum atomic E-state index is -1.51. The largest absolute Gasteiger partial charge is 0.240 e. The molecule has 1 atom stereocenters. The molecule has 0 heterocycles. The highest BCUT2D eigenvalue weighted by atomic mass is 19.2. The number of hydrogen-bond acceptors (Lipinski definition) is 0. The molecule has 6 heavy (non-hydrogen) atoms. The van der Waals surface area contributed by atoms with E-state index >= 15 is 0 Å². The van der Waals surface area contributed by atoms with Gasteiger partial charge in [0.25, 0.3) is 0 Å². The third-order valence-corrected chi connectivity index (χ3v) is 0.432. The van der Waals surface area contributed by atoms with Crippen LogP contribution < -0.4 is 0 Å². The Morgan fingerprint density at radius 3 is 2.00 bits per heavy atom. The van der Waals surface area contributed by atoms with Gasteiger partial charge in [-0.1, -0.05) is 6.58 Å². The summed E-state index contributed by atoms with van der Waals surface area (Å²) in [6.45, 7) is 3.81. The first-order valence-electron chi connectivity index (χ1n) is 1.63. The molecule has 0 saturated heterocycles. The summed E-state index contributed by atoms with van der Waals surface area (Å²) in [5.41, 5.74) is 0. The average Bonchev–Trinajstić information content (AvgIpc) is 1.36. The first kappa shape index (κ1) is 5.60. The van der Waals surface area contributed by atoms with Crippen LogP contribution in [0.5, 0.6) is 0 Å². The SMILES string of the molecule is C=C(F)C(C)F. The smallest absolute Gasteiger partial charge is 0.148 e. The van der Waals surface area contributed by atoms with Gasteiger partial charge in [-0.15, -0.1) is 0 Å². The van der Waals surface area contributed by atoms with E-state index in [1.165, 1.54) is 0 Å². The normalized spacial score (nSPS) is 13.8. The molecule has 36 valence electrons. The van der Waals surface area contributed by atoms with Crippen molar-refractivity contribution in [1.29, 1.82) is 0 Å². The lowest BCUT2D eigenvalue weighted by molar-refractivity contribution is 0.352. The van der Waals surface area contributed by atoms with Crippen molar-refractivity contribution < 1.29 is 8.78 Å². The van der Waals surface area contributed by atoms with Crippen molar-refractivity contribution >= 4 is 0 Å². The van der Waals surface area contributed by atoms with E-state index in [0.717, 1.165) is 6.92 Å². The third kappa shape index (κ3) is 1.88. The van der Waals surface area contributed by atoms with Crippen LogP contribution in [-0.2, 0) is 0 Å². The lowest BCUT2D eigenvalue weighted by Crippen LogP contribution is -1.88. The zero-order valence-corrected chi connectivity index (χ0v) is 3.54. The van der Waals surface area contributed by atoms with Crippen LogP contribution in [-0.4, -0.2) is 6.17 Å². The molecule has 0 N–H and O–H groups in total. The second-order valence-electron chi connectivity index (χ2n) is 1.06. The highest BCUT2D eigenvalue weighted by Crippen LogP contribution is 2.01. The first-order chi connectivity index (χ1) is 2.64. The second kappa shape index (κ2) is 1.90. The Labute approximate surface area is 35.5 Å². The van der Waals surface area contributed by atoms with Crippen molar-refractivity contribution in [2.24, 2.45) is 0 Å². The summed E-state index contributed by atoms with van der Waals surface area (Å²) in [5, 5.41) is 0. The standard InChI is InChI=1S/C4H6F2/c1-3(5)4(2)6/h4H,1H2,2H3. The Morgan fingerprint density at radius 1 is 1.83 bits per heavy atom. The quantitative estimate of drug-likeness (QED) is 0.463. The molecule has 0 saturated carbocycles. The van der Waals surface area contributed by atoms with Gasteiger partial charge in [-0.2, -0.15) is 0 Å². The van der Waals surface area contributed by atoms with Gasteiger partial charge >= 0.3 is 0 Å². The van der Waals surface area contributed by atoms with E-state index in [-0.39, 0.29) is 0 Å². The molecule has 0 bridgehead atoms. The van der Waals surface area contributed by atoms with Gasteiger partial charge in [-0.3, -0.25) is 0 Å². The lowest BCUT2D eigenvalue weighted by atomic mass is 10.4. The molecule has 0 rings (SSSR count). The van der Waals surface area contributed by atoms with Crippen LogP contribution in [0.1, 0.15) is 6.92 Å². The fourth-order valence-electron chi connectivity index (χ4n) is 0. The van der Waals surface area contributed by atoms with E-state index < -0.39 is 12.0 Å². The van der Waals surface area contributed by atoms with Gasteiger partial charge in [0.05, 0.1) is 0 Å². The Morgan fingerprint density at radius 2 is 2.00 bits per heavy atom. The molecule has 0 aromatic heterocycles. The van der Waals surface area contributed by atoms with E-state index in [1.807, 2.05) is 0 Å². The molecule has 0 aliphatic heterocycles. The second-order valence-corrected chi connectivity index (χ2v) is 1.06. The summed E-state index contributed by atoms with van der Waals surface area (Å²) in [7, 11) is 0. The zero-order valence-electron chi connectivity index (χ0n) is 3.54. The van der Waals surface area contributed by atoms with Gasteiger partial charge < -0.3 is 0 Å². The van der Waals surface area contributed by atoms with E-state index in [0.29, 0.717) is 0 Å². The van der Waals surface area contributed by atoms with Gasteiger partial charge in [-0.05, 0) is 6.92 Å². The molecule has 0 aromatic carbocycles. The van der Waals surface area contributed by atoms with E-state index in [1.54, 1.807) is 0 Å². The Hall–Kier alpha value is -0.400. The minimum Gasteiger partial charge on any atom is -0.240 e. The van der Waals surface area contributed by atoms with Crippen molar-refractivity contribution in [1.82, 2.24) is 0 Å². The maximum Gasteiger partial charge on any atom is 0.148 e. The van der Waals surface area contributed by atoms with E-state index in [4.69, 9.17) is 0 Å². The molecule has 0 aliphatic rings. The summed E-state index contributed by atoms with van der Waals surface area (Å²) in [6, 6.07) is 0. The Bertz CT molecular complexity index is 56.6. The van der Waals surface area contributed by atoms with Gasteiger partial charge in [0, 0.05) is 0 Å². The monoisotopic (exact) mass is 92.0 g/mol. The fraction of sp³-hybridized carbons (Fsp3) is 0.500. The zero-order chi connectivity index (χ0) is 5.15. The molecule has 1 unspecified atom stereocenters. The van der Waals surface area contributed by atoms with Gasteiger partial charge in [0.1, 0.15) is 12.0 Å². The van der Waals surface area contributed by atoms with Crippen LogP contribution in [0.25, 0.3) is 0 Å². The maximum atomic E-state index is 11.3. The summed E-state index contributed by atoms with van der Waals surface area (Å²) in [5.74, 6) is -0.907. The topological polar surface area (TPSA) is 0 Å². The molecule has 0 amide bonds. The molecule has 0 aliphatic carbocycles. The molecule has 0 nitrogen and oxygen atoms in total. The highest BCUT2D eigenvalue weighted by molar-refractivity contribution is 4.85. The van der Waals surface area contributed by atoms with Gasteiger partial charge in [0.2, 0.25) is 0 Å². The van der Waals surface area contributed by atoms with Crippen LogP contribution >= 0.6 is 0 Å². The van der Waals surface area contributed by atoms with Crippen LogP contribution in [0.3, 0.4) is 0 Å². The van der Waals surface area contributed by atoms with Crippen molar-refractivity contribution in [3.05, 3.63) is 12.4 Å². The van der Waals surface area contributed by atoms with Crippen LogP contribution in [0.2, 0.25) is 0 Å². The molecule has 0 fully saturated rings. The summed E-state index contributed by atoms with van der Waals surface area (Å²) in [6.07, 6.45) is -1.51. The highest BCUT2D eigenvalue weighted by Gasteiger charge is 1.98. The van der Waals surface area contributed by atoms with Crippen LogP contribution in [0.4, 0.5) is 8.78 Å². The maximum absolute atomic E-state index is 11.3.